The number of nitrogens with one attached hydrogen (secondary N) is 2. The summed E-state index contributed by atoms with van der Waals surface area (Å²) in [6.45, 7) is 7.46. The lowest BCUT2D eigenvalue weighted by molar-refractivity contribution is 0.503. The Morgan fingerprint density at radius 3 is 2.75 bits per heavy atom. The summed E-state index contributed by atoms with van der Waals surface area (Å²) in [5.41, 5.74) is 0. The molecule has 5 heteroatoms. The molecule has 2 N–H and O–H groups in total. The summed E-state index contributed by atoms with van der Waals surface area (Å²) in [6.07, 6.45) is 1.19. The molecule has 0 saturated heterocycles. The monoisotopic (exact) mass is 368 g/mol. The van der Waals surface area contributed by atoms with Gasteiger partial charge < -0.3 is 10.6 Å². The van der Waals surface area contributed by atoms with Gasteiger partial charge in [0.25, 0.3) is 0 Å². The quantitative estimate of drug-likeness (QED) is 0.715. The molecule has 92 valence electrons. The molecule has 0 aromatic carbocycles. The lowest BCUT2D eigenvalue weighted by Gasteiger charge is -2.13. The maximum absolute atomic E-state index is 3.51. The zero-order valence-corrected chi connectivity index (χ0v) is 13.6. The fraction of sp³-hybridized carbons (Fsp3) is 0.636. The number of halogens is 2. The molecular weight excluding hydrogens is 352 g/mol. The highest BCUT2D eigenvalue weighted by Crippen LogP contribution is 2.32. The molecule has 1 heterocycles. The summed E-state index contributed by atoms with van der Waals surface area (Å²) in [5, 5.41) is 6.91. The molecule has 1 rings (SSSR count). The van der Waals surface area contributed by atoms with Gasteiger partial charge in [0.05, 0.1) is 3.79 Å². The van der Waals surface area contributed by atoms with Gasteiger partial charge in [0.2, 0.25) is 0 Å². The molecule has 0 amide bonds. The van der Waals surface area contributed by atoms with Crippen molar-refractivity contribution >= 4 is 43.2 Å². The smallest absolute Gasteiger partial charge is 0.0843 e. The molecule has 0 bridgehead atoms. The summed E-state index contributed by atoms with van der Waals surface area (Å²) >= 11 is 8.78. The van der Waals surface area contributed by atoms with Crippen molar-refractivity contribution in [1.29, 1.82) is 0 Å². The first-order valence-corrected chi connectivity index (χ1v) is 7.91. The van der Waals surface area contributed by atoms with Crippen LogP contribution in [0.5, 0.6) is 0 Å². The molecule has 0 spiro atoms. The van der Waals surface area contributed by atoms with Gasteiger partial charge in [0.1, 0.15) is 0 Å². The van der Waals surface area contributed by atoms with E-state index in [0.29, 0.717) is 6.04 Å². The normalized spacial score (nSPS) is 13.0. The van der Waals surface area contributed by atoms with Gasteiger partial charge in [-0.25, -0.2) is 0 Å². The summed E-state index contributed by atoms with van der Waals surface area (Å²) < 4.78 is 2.31. The van der Waals surface area contributed by atoms with Gasteiger partial charge in [-0.2, -0.15) is 0 Å². The third-order valence-electron chi connectivity index (χ3n) is 2.20. The van der Waals surface area contributed by atoms with E-state index in [1.165, 1.54) is 15.1 Å². The Labute approximate surface area is 118 Å². The topological polar surface area (TPSA) is 24.1 Å². The van der Waals surface area contributed by atoms with Crippen LogP contribution in [0.25, 0.3) is 0 Å². The molecule has 2 nitrogen and oxygen atoms in total. The minimum Gasteiger partial charge on any atom is -0.315 e. The van der Waals surface area contributed by atoms with Crippen LogP contribution >= 0.6 is 43.2 Å². The fourth-order valence-electron chi connectivity index (χ4n) is 1.32. The van der Waals surface area contributed by atoms with Crippen LogP contribution in [0, 0.1) is 0 Å². The van der Waals surface area contributed by atoms with Crippen molar-refractivity contribution in [2.75, 3.05) is 13.1 Å². The van der Waals surface area contributed by atoms with Gasteiger partial charge in [0.15, 0.2) is 0 Å². The summed E-state index contributed by atoms with van der Waals surface area (Å²) in [7, 11) is 0. The third-order valence-corrected chi connectivity index (χ3v) is 5.45. The minimum atomic E-state index is 0.506. The average molecular weight is 370 g/mol. The van der Waals surface area contributed by atoms with Crippen molar-refractivity contribution in [2.24, 2.45) is 0 Å². The Balaban J connectivity index is 2.23. The SMILES string of the molecule is CCCNCC(C)NCc1cc(Br)c(Br)s1. The highest BCUT2D eigenvalue weighted by Gasteiger charge is 2.05. The van der Waals surface area contributed by atoms with E-state index in [4.69, 9.17) is 0 Å². The fourth-order valence-corrected chi connectivity index (χ4v) is 3.45. The van der Waals surface area contributed by atoms with E-state index in [1.807, 2.05) is 0 Å². The predicted molar refractivity (Wildman–Crippen MR) is 79.2 cm³/mol. The van der Waals surface area contributed by atoms with Crippen LogP contribution in [0.2, 0.25) is 0 Å². The van der Waals surface area contributed by atoms with E-state index in [1.54, 1.807) is 11.3 Å². The van der Waals surface area contributed by atoms with Crippen LogP contribution in [-0.2, 0) is 6.54 Å². The van der Waals surface area contributed by atoms with Crippen LogP contribution in [-0.4, -0.2) is 19.1 Å². The molecule has 16 heavy (non-hydrogen) atoms. The summed E-state index contributed by atoms with van der Waals surface area (Å²) in [5.74, 6) is 0. The zero-order valence-electron chi connectivity index (χ0n) is 9.65. The Kier molecular flexibility index (Phi) is 7.16. The highest BCUT2D eigenvalue weighted by molar-refractivity contribution is 9.13. The average Bonchev–Trinajstić information content (AvgIpc) is 2.56. The first-order valence-electron chi connectivity index (χ1n) is 5.51. The second kappa shape index (κ2) is 7.82. The molecule has 1 aromatic rings. The van der Waals surface area contributed by atoms with Crippen LogP contribution in [0.3, 0.4) is 0 Å². The Morgan fingerprint density at radius 2 is 2.19 bits per heavy atom. The van der Waals surface area contributed by atoms with Crippen molar-refractivity contribution in [3.8, 4) is 0 Å². The predicted octanol–water partition coefficient (Wildman–Crippen LogP) is 3.75. The Morgan fingerprint density at radius 1 is 1.44 bits per heavy atom. The molecule has 0 saturated carbocycles. The van der Waals surface area contributed by atoms with Gasteiger partial charge in [-0.15, -0.1) is 11.3 Å². The molecule has 0 fully saturated rings. The second-order valence-corrected chi connectivity index (χ2v) is 7.13. The first-order chi connectivity index (χ1) is 7.63. The van der Waals surface area contributed by atoms with E-state index in [2.05, 4.69) is 62.4 Å². The van der Waals surface area contributed by atoms with E-state index < -0.39 is 0 Å². The minimum absolute atomic E-state index is 0.506. The maximum atomic E-state index is 3.51. The van der Waals surface area contributed by atoms with Gasteiger partial charge in [-0.1, -0.05) is 6.92 Å². The molecule has 0 aliphatic carbocycles. The molecule has 0 aliphatic rings. The second-order valence-electron chi connectivity index (χ2n) is 3.82. The standard InChI is InChI=1S/C11H18Br2N2S/c1-3-4-14-6-8(2)15-7-9-5-10(12)11(13)16-9/h5,8,14-15H,3-4,6-7H2,1-2H3. The van der Waals surface area contributed by atoms with Gasteiger partial charge in [-0.3, -0.25) is 0 Å². The zero-order chi connectivity index (χ0) is 12.0. The maximum Gasteiger partial charge on any atom is 0.0843 e. The molecule has 0 radical (unpaired) electrons. The summed E-state index contributed by atoms with van der Waals surface area (Å²) in [6, 6.07) is 2.67. The lowest BCUT2D eigenvalue weighted by Crippen LogP contribution is -2.36. The van der Waals surface area contributed by atoms with E-state index in [9.17, 15) is 0 Å². The molecule has 1 aromatic heterocycles. The van der Waals surface area contributed by atoms with Crippen LogP contribution < -0.4 is 10.6 Å². The lowest BCUT2D eigenvalue weighted by atomic mass is 10.3. The number of hydrogen-bond acceptors (Lipinski definition) is 3. The van der Waals surface area contributed by atoms with Crippen molar-refractivity contribution in [2.45, 2.75) is 32.9 Å². The first kappa shape index (κ1) is 14.6. The van der Waals surface area contributed by atoms with E-state index in [-0.39, 0.29) is 0 Å². The molecule has 1 unspecified atom stereocenters. The number of thiophene rings is 1. The van der Waals surface area contributed by atoms with Crippen LogP contribution in [0.4, 0.5) is 0 Å². The largest absolute Gasteiger partial charge is 0.315 e. The van der Waals surface area contributed by atoms with E-state index in [0.717, 1.165) is 24.1 Å². The number of hydrogen-bond donors (Lipinski definition) is 2. The Hall–Kier alpha value is 0.580. The molecule has 0 aliphatic heterocycles. The van der Waals surface area contributed by atoms with E-state index >= 15 is 0 Å². The van der Waals surface area contributed by atoms with Crippen molar-refractivity contribution < 1.29 is 0 Å². The Bertz CT molecular complexity index is 295. The molecular formula is C11H18Br2N2S. The van der Waals surface area contributed by atoms with Crippen molar-refractivity contribution in [3.63, 3.8) is 0 Å². The van der Waals surface area contributed by atoms with Crippen molar-refractivity contribution in [3.05, 3.63) is 19.2 Å². The van der Waals surface area contributed by atoms with Crippen molar-refractivity contribution in [1.82, 2.24) is 10.6 Å². The van der Waals surface area contributed by atoms with Crippen LogP contribution in [0.15, 0.2) is 14.3 Å². The van der Waals surface area contributed by atoms with Gasteiger partial charge in [-0.05, 0) is 57.8 Å². The number of rotatable bonds is 7. The third kappa shape index (κ3) is 5.27. The van der Waals surface area contributed by atoms with Crippen LogP contribution in [0.1, 0.15) is 25.1 Å². The highest BCUT2D eigenvalue weighted by atomic mass is 79.9. The molecule has 1 atom stereocenters. The summed E-state index contributed by atoms with van der Waals surface area (Å²) in [4.78, 5) is 1.35. The van der Waals surface area contributed by atoms with Gasteiger partial charge >= 0.3 is 0 Å². The van der Waals surface area contributed by atoms with Gasteiger partial charge in [0, 0.05) is 28.5 Å².